The maximum absolute atomic E-state index is 12.0. The van der Waals surface area contributed by atoms with Gasteiger partial charge < -0.3 is 14.6 Å². The third kappa shape index (κ3) is 4.44. The van der Waals surface area contributed by atoms with Crippen molar-refractivity contribution in [2.24, 2.45) is 0 Å². The van der Waals surface area contributed by atoms with E-state index in [2.05, 4.69) is 15.5 Å². The van der Waals surface area contributed by atoms with E-state index in [1.165, 1.54) is 0 Å². The molecular weight excluding hydrogens is 318 g/mol. The minimum absolute atomic E-state index is 0.111. The molecule has 1 N–H and O–H groups in total. The van der Waals surface area contributed by atoms with Crippen molar-refractivity contribution in [1.29, 1.82) is 0 Å². The van der Waals surface area contributed by atoms with Crippen LogP contribution in [0.5, 0.6) is 5.75 Å². The van der Waals surface area contributed by atoms with Gasteiger partial charge in [0, 0.05) is 24.1 Å². The number of benzene rings is 2. The van der Waals surface area contributed by atoms with E-state index in [1.807, 2.05) is 31.2 Å². The zero-order valence-corrected chi connectivity index (χ0v) is 14.2. The molecule has 0 aliphatic rings. The molecule has 2 aromatic carbocycles. The molecule has 6 nitrogen and oxygen atoms in total. The normalized spacial score (nSPS) is 10.5. The van der Waals surface area contributed by atoms with Gasteiger partial charge in [-0.15, -0.1) is 0 Å². The Morgan fingerprint density at radius 3 is 2.72 bits per heavy atom. The van der Waals surface area contributed by atoms with Crippen LogP contribution in [0, 0.1) is 6.92 Å². The van der Waals surface area contributed by atoms with Gasteiger partial charge in [-0.05, 0) is 37.3 Å². The summed E-state index contributed by atoms with van der Waals surface area (Å²) >= 11 is 0. The lowest BCUT2D eigenvalue weighted by Gasteiger charge is -2.05. The van der Waals surface area contributed by atoms with Crippen LogP contribution >= 0.6 is 0 Å². The van der Waals surface area contributed by atoms with Crippen molar-refractivity contribution >= 4 is 11.6 Å². The predicted octanol–water partition coefficient (Wildman–Crippen LogP) is 3.62. The van der Waals surface area contributed by atoms with Crippen molar-refractivity contribution in [3.63, 3.8) is 0 Å². The minimum Gasteiger partial charge on any atom is -0.497 e. The van der Waals surface area contributed by atoms with Gasteiger partial charge in [0.1, 0.15) is 5.75 Å². The fourth-order valence-electron chi connectivity index (χ4n) is 2.38. The second-order valence-corrected chi connectivity index (χ2v) is 5.66. The number of carbonyl (C=O) groups excluding carboxylic acids is 1. The monoisotopic (exact) mass is 337 g/mol. The van der Waals surface area contributed by atoms with Crippen LogP contribution < -0.4 is 10.1 Å². The number of aryl methyl sites for hydroxylation is 2. The smallest absolute Gasteiger partial charge is 0.227 e. The van der Waals surface area contributed by atoms with E-state index in [9.17, 15) is 4.79 Å². The molecule has 3 rings (SSSR count). The maximum Gasteiger partial charge on any atom is 0.227 e. The Morgan fingerprint density at radius 1 is 1.20 bits per heavy atom. The van der Waals surface area contributed by atoms with Crippen molar-refractivity contribution in [2.45, 2.75) is 19.8 Å². The Bertz CT molecular complexity index is 856. The highest BCUT2D eigenvalue weighted by Crippen LogP contribution is 2.18. The quantitative estimate of drug-likeness (QED) is 0.743. The Morgan fingerprint density at radius 2 is 2.00 bits per heavy atom. The van der Waals surface area contributed by atoms with Crippen LogP contribution in [0.1, 0.15) is 17.9 Å². The molecule has 0 aliphatic carbocycles. The number of ether oxygens (including phenoxy) is 1. The molecule has 0 fully saturated rings. The first-order valence-corrected chi connectivity index (χ1v) is 7.97. The van der Waals surface area contributed by atoms with Crippen LogP contribution in [0.25, 0.3) is 11.4 Å². The fourth-order valence-corrected chi connectivity index (χ4v) is 2.38. The standard InChI is InChI=1S/C19H19N3O3/c1-13-4-3-5-14(12-13)19-21-18(25-22-19)11-10-17(23)20-15-6-8-16(24-2)9-7-15/h3-9,12H,10-11H2,1-2H3,(H,20,23). The molecule has 1 aromatic heterocycles. The van der Waals surface area contributed by atoms with Crippen molar-refractivity contribution in [3.05, 3.63) is 60.0 Å². The van der Waals surface area contributed by atoms with E-state index < -0.39 is 0 Å². The van der Waals surface area contributed by atoms with Crippen LogP contribution in [0.15, 0.2) is 53.1 Å². The molecule has 0 aliphatic heterocycles. The minimum atomic E-state index is -0.111. The van der Waals surface area contributed by atoms with Gasteiger partial charge in [0.2, 0.25) is 17.6 Å². The largest absolute Gasteiger partial charge is 0.497 e. The summed E-state index contributed by atoms with van der Waals surface area (Å²) in [6.45, 7) is 2.01. The number of anilines is 1. The van der Waals surface area contributed by atoms with Crippen molar-refractivity contribution in [1.82, 2.24) is 10.1 Å². The average Bonchev–Trinajstić information content (AvgIpc) is 3.10. The summed E-state index contributed by atoms with van der Waals surface area (Å²) in [6, 6.07) is 15.0. The van der Waals surface area contributed by atoms with Gasteiger partial charge in [-0.2, -0.15) is 4.98 Å². The zero-order chi connectivity index (χ0) is 17.6. The molecule has 0 saturated carbocycles. The van der Waals surface area contributed by atoms with Crippen LogP contribution in [-0.2, 0) is 11.2 Å². The Hall–Kier alpha value is -3.15. The summed E-state index contributed by atoms with van der Waals surface area (Å²) in [5, 5.41) is 6.80. The highest BCUT2D eigenvalue weighted by atomic mass is 16.5. The lowest BCUT2D eigenvalue weighted by molar-refractivity contribution is -0.116. The third-order valence-corrected chi connectivity index (χ3v) is 3.68. The molecular formula is C19H19N3O3. The number of amides is 1. The van der Waals surface area contributed by atoms with Crippen molar-refractivity contribution < 1.29 is 14.1 Å². The average molecular weight is 337 g/mol. The van der Waals surface area contributed by atoms with Crippen LogP contribution in [0.2, 0.25) is 0 Å². The number of methoxy groups -OCH3 is 1. The Balaban J connectivity index is 1.55. The summed E-state index contributed by atoms with van der Waals surface area (Å²) in [4.78, 5) is 16.4. The summed E-state index contributed by atoms with van der Waals surface area (Å²) in [5.74, 6) is 1.61. The van der Waals surface area contributed by atoms with E-state index in [1.54, 1.807) is 31.4 Å². The van der Waals surface area contributed by atoms with Gasteiger partial charge in [0.15, 0.2) is 0 Å². The van der Waals surface area contributed by atoms with Gasteiger partial charge in [0.05, 0.1) is 7.11 Å². The van der Waals surface area contributed by atoms with E-state index in [-0.39, 0.29) is 12.3 Å². The molecule has 0 atom stereocenters. The van der Waals surface area contributed by atoms with E-state index in [4.69, 9.17) is 9.26 Å². The Kier molecular flexibility index (Phi) is 5.09. The maximum atomic E-state index is 12.0. The number of carbonyl (C=O) groups is 1. The number of aromatic nitrogens is 2. The van der Waals surface area contributed by atoms with Gasteiger partial charge in [0.25, 0.3) is 0 Å². The van der Waals surface area contributed by atoms with E-state index in [0.717, 1.165) is 22.6 Å². The number of nitrogens with zero attached hydrogens (tertiary/aromatic N) is 2. The number of nitrogens with one attached hydrogen (secondary N) is 1. The molecule has 1 amide bonds. The first-order chi connectivity index (χ1) is 12.1. The third-order valence-electron chi connectivity index (χ3n) is 3.68. The summed E-state index contributed by atoms with van der Waals surface area (Å²) in [6.07, 6.45) is 0.655. The summed E-state index contributed by atoms with van der Waals surface area (Å²) < 4.78 is 10.3. The van der Waals surface area contributed by atoms with Crippen molar-refractivity contribution in [3.8, 4) is 17.1 Å². The van der Waals surface area contributed by atoms with Crippen LogP contribution in [0.3, 0.4) is 0 Å². The van der Waals surface area contributed by atoms with Gasteiger partial charge in [-0.3, -0.25) is 4.79 Å². The van der Waals surface area contributed by atoms with Crippen LogP contribution in [-0.4, -0.2) is 23.2 Å². The molecule has 1 heterocycles. The van der Waals surface area contributed by atoms with Crippen molar-refractivity contribution in [2.75, 3.05) is 12.4 Å². The first kappa shape index (κ1) is 16.7. The molecule has 25 heavy (non-hydrogen) atoms. The molecule has 6 heteroatoms. The fraction of sp³-hybridized carbons (Fsp3) is 0.211. The van der Waals surface area contributed by atoms with E-state index in [0.29, 0.717) is 18.1 Å². The first-order valence-electron chi connectivity index (χ1n) is 7.97. The van der Waals surface area contributed by atoms with Gasteiger partial charge in [-0.25, -0.2) is 0 Å². The van der Waals surface area contributed by atoms with E-state index >= 15 is 0 Å². The summed E-state index contributed by atoms with van der Waals surface area (Å²) in [7, 11) is 1.60. The molecule has 128 valence electrons. The topological polar surface area (TPSA) is 77.2 Å². The van der Waals surface area contributed by atoms with Crippen LogP contribution in [0.4, 0.5) is 5.69 Å². The lowest BCUT2D eigenvalue weighted by atomic mass is 10.1. The highest BCUT2D eigenvalue weighted by Gasteiger charge is 2.11. The summed E-state index contributed by atoms with van der Waals surface area (Å²) in [5.41, 5.74) is 2.75. The lowest BCUT2D eigenvalue weighted by Crippen LogP contribution is -2.12. The van der Waals surface area contributed by atoms with Gasteiger partial charge >= 0.3 is 0 Å². The zero-order valence-electron chi connectivity index (χ0n) is 14.2. The molecule has 0 unspecified atom stereocenters. The number of hydrogen-bond acceptors (Lipinski definition) is 5. The molecule has 0 radical (unpaired) electrons. The molecule has 0 bridgehead atoms. The molecule has 0 spiro atoms. The second kappa shape index (κ2) is 7.61. The Labute approximate surface area is 145 Å². The number of hydrogen-bond donors (Lipinski definition) is 1. The number of rotatable bonds is 6. The SMILES string of the molecule is COc1ccc(NC(=O)CCc2nc(-c3cccc(C)c3)no2)cc1. The molecule has 0 saturated heterocycles. The second-order valence-electron chi connectivity index (χ2n) is 5.66. The molecule has 3 aromatic rings. The predicted molar refractivity (Wildman–Crippen MR) is 94.4 cm³/mol. The van der Waals surface area contributed by atoms with Gasteiger partial charge in [-0.1, -0.05) is 28.9 Å². The highest BCUT2D eigenvalue weighted by molar-refractivity contribution is 5.90.